The zero-order chi connectivity index (χ0) is 9.84. The summed E-state index contributed by atoms with van der Waals surface area (Å²) in [6, 6.07) is 0. The van der Waals surface area contributed by atoms with E-state index in [0.717, 1.165) is 6.08 Å². The molecular weight excluding hydrogens is 194 g/mol. The van der Waals surface area contributed by atoms with Crippen LogP contribution in [0.25, 0.3) is 6.08 Å². The highest BCUT2D eigenvalue weighted by atomic mass is 35.5. The van der Waals surface area contributed by atoms with Crippen molar-refractivity contribution in [3.05, 3.63) is 23.1 Å². The van der Waals surface area contributed by atoms with Crippen LogP contribution in [0.3, 0.4) is 0 Å². The Morgan fingerprint density at radius 3 is 2.92 bits per heavy atom. The fraction of sp³-hybridized carbons (Fsp3) is 0. The molecule has 1 aromatic rings. The van der Waals surface area contributed by atoms with Gasteiger partial charge in [-0.2, -0.15) is 0 Å². The fourth-order valence-electron chi connectivity index (χ4n) is 0.669. The van der Waals surface area contributed by atoms with Gasteiger partial charge in [-0.3, -0.25) is 0 Å². The van der Waals surface area contributed by atoms with E-state index in [2.05, 4.69) is 9.97 Å². The van der Waals surface area contributed by atoms with E-state index >= 15 is 0 Å². The smallest absolute Gasteiger partial charge is 0.328 e. The molecule has 13 heavy (non-hydrogen) atoms. The van der Waals surface area contributed by atoms with Gasteiger partial charge in [0.1, 0.15) is 10.8 Å². The standard InChI is InChI=1S/C7H6ClN3O2/c8-5-3-10-4(7(9)11-5)1-2-6(12)13/h1-3H,(H2,9,11)(H,12,13). The third kappa shape index (κ3) is 2.72. The summed E-state index contributed by atoms with van der Waals surface area (Å²) in [5.74, 6) is -0.971. The number of carboxylic acids is 1. The number of aromatic nitrogens is 2. The molecular formula is C7H6ClN3O2. The van der Waals surface area contributed by atoms with Gasteiger partial charge in [0.15, 0.2) is 5.82 Å². The summed E-state index contributed by atoms with van der Waals surface area (Å²) >= 11 is 5.49. The van der Waals surface area contributed by atoms with Crippen LogP contribution in [0.1, 0.15) is 5.69 Å². The van der Waals surface area contributed by atoms with E-state index < -0.39 is 5.97 Å². The summed E-state index contributed by atoms with van der Waals surface area (Å²) in [6.07, 6.45) is 3.47. The maximum absolute atomic E-state index is 10.1. The lowest BCUT2D eigenvalue weighted by Gasteiger charge is -1.96. The fourth-order valence-corrected chi connectivity index (χ4v) is 0.809. The molecule has 68 valence electrons. The molecule has 3 N–H and O–H groups in total. The van der Waals surface area contributed by atoms with E-state index in [-0.39, 0.29) is 16.7 Å². The average molecular weight is 200 g/mol. The van der Waals surface area contributed by atoms with Crippen LogP contribution in [0, 0.1) is 0 Å². The van der Waals surface area contributed by atoms with Crippen molar-refractivity contribution in [3.8, 4) is 0 Å². The number of nitrogen functional groups attached to an aromatic ring is 1. The minimum Gasteiger partial charge on any atom is -0.478 e. The Bertz CT molecular complexity index is 365. The maximum Gasteiger partial charge on any atom is 0.328 e. The van der Waals surface area contributed by atoms with Crippen LogP contribution in [0.15, 0.2) is 12.3 Å². The number of nitrogens with zero attached hydrogens (tertiary/aromatic N) is 2. The highest BCUT2D eigenvalue weighted by Gasteiger charge is 1.99. The van der Waals surface area contributed by atoms with Gasteiger partial charge in [0.05, 0.1) is 6.20 Å². The van der Waals surface area contributed by atoms with Crippen LogP contribution >= 0.6 is 11.6 Å². The van der Waals surface area contributed by atoms with Crippen LogP contribution in [0.5, 0.6) is 0 Å². The Morgan fingerprint density at radius 2 is 2.38 bits per heavy atom. The van der Waals surface area contributed by atoms with Gasteiger partial charge < -0.3 is 10.8 Å². The van der Waals surface area contributed by atoms with Crippen molar-refractivity contribution in [2.24, 2.45) is 0 Å². The third-order valence-electron chi connectivity index (χ3n) is 1.18. The van der Waals surface area contributed by atoms with Crippen molar-refractivity contribution in [1.82, 2.24) is 9.97 Å². The molecule has 0 spiro atoms. The lowest BCUT2D eigenvalue weighted by molar-refractivity contribution is -0.131. The Labute approximate surface area is 78.9 Å². The first-order valence-electron chi connectivity index (χ1n) is 3.28. The number of carboxylic acid groups (broad SMARTS) is 1. The Kier molecular flexibility index (Phi) is 2.81. The maximum atomic E-state index is 10.1. The summed E-state index contributed by atoms with van der Waals surface area (Å²) in [5.41, 5.74) is 5.69. The van der Waals surface area contributed by atoms with Crippen molar-refractivity contribution in [1.29, 1.82) is 0 Å². The molecule has 1 rings (SSSR count). The predicted octanol–water partition coefficient (Wildman–Crippen LogP) is 0.810. The van der Waals surface area contributed by atoms with Gasteiger partial charge in [0.25, 0.3) is 0 Å². The molecule has 0 bridgehead atoms. The van der Waals surface area contributed by atoms with E-state index in [9.17, 15) is 4.79 Å². The van der Waals surface area contributed by atoms with Gasteiger partial charge in [0.2, 0.25) is 0 Å². The second-order valence-corrected chi connectivity index (χ2v) is 2.52. The topological polar surface area (TPSA) is 89.1 Å². The molecule has 0 saturated carbocycles. The van der Waals surface area contributed by atoms with Crippen LogP contribution < -0.4 is 5.73 Å². The largest absolute Gasteiger partial charge is 0.478 e. The van der Waals surface area contributed by atoms with Crippen molar-refractivity contribution >= 4 is 29.5 Å². The van der Waals surface area contributed by atoms with E-state index in [1.165, 1.54) is 12.3 Å². The minimum absolute atomic E-state index is 0.102. The zero-order valence-electron chi connectivity index (χ0n) is 6.44. The molecule has 0 radical (unpaired) electrons. The first-order chi connectivity index (χ1) is 6.09. The van der Waals surface area contributed by atoms with Crippen LogP contribution in [-0.4, -0.2) is 21.0 Å². The van der Waals surface area contributed by atoms with Crippen molar-refractivity contribution in [2.45, 2.75) is 0 Å². The molecule has 0 saturated heterocycles. The van der Waals surface area contributed by atoms with Gasteiger partial charge in [-0.15, -0.1) is 0 Å². The number of hydrogen-bond donors (Lipinski definition) is 2. The number of aliphatic carboxylic acids is 1. The second kappa shape index (κ2) is 3.86. The number of halogens is 1. The minimum atomic E-state index is -1.07. The number of carbonyl (C=O) groups is 1. The molecule has 6 heteroatoms. The van der Waals surface area contributed by atoms with Gasteiger partial charge in [-0.05, 0) is 6.08 Å². The number of anilines is 1. The van der Waals surface area contributed by atoms with E-state index in [0.29, 0.717) is 0 Å². The number of hydrogen-bond acceptors (Lipinski definition) is 4. The Hall–Kier alpha value is -1.62. The van der Waals surface area contributed by atoms with Crippen molar-refractivity contribution in [3.63, 3.8) is 0 Å². The van der Waals surface area contributed by atoms with Crippen molar-refractivity contribution in [2.75, 3.05) is 5.73 Å². The SMILES string of the molecule is Nc1nc(Cl)cnc1C=CC(=O)O. The predicted molar refractivity (Wildman–Crippen MR) is 48.1 cm³/mol. The second-order valence-electron chi connectivity index (χ2n) is 2.13. The van der Waals surface area contributed by atoms with Gasteiger partial charge in [-0.25, -0.2) is 14.8 Å². The average Bonchev–Trinajstić information content (AvgIpc) is 2.02. The molecule has 1 heterocycles. The van der Waals surface area contributed by atoms with E-state index in [4.69, 9.17) is 22.4 Å². The summed E-state index contributed by atoms with van der Waals surface area (Å²) in [5, 5.41) is 8.49. The summed E-state index contributed by atoms with van der Waals surface area (Å²) in [7, 11) is 0. The molecule has 0 fully saturated rings. The molecule has 0 aliphatic carbocycles. The molecule has 0 aliphatic rings. The summed E-state index contributed by atoms with van der Waals surface area (Å²) in [6.45, 7) is 0. The molecule has 0 unspecified atom stereocenters. The van der Waals surface area contributed by atoms with Crippen LogP contribution in [0.2, 0.25) is 5.15 Å². The molecule has 0 atom stereocenters. The molecule has 0 aromatic carbocycles. The Balaban J connectivity index is 2.96. The van der Waals surface area contributed by atoms with Crippen LogP contribution in [0.4, 0.5) is 5.82 Å². The van der Waals surface area contributed by atoms with E-state index in [1.54, 1.807) is 0 Å². The molecule has 0 amide bonds. The lowest BCUT2D eigenvalue weighted by atomic mass is 10.3. The highest BCUT2D eigenvalue weighted by Crippen LogP contribution is 2.10. The first-order valence-corrected chi connectivity index (χ1v) is 3.66. The molecule has 1 aromatic heterocycles. The number of nitrogens with two attached hydrogens (primary N) is 1. The third-order valence-corrected chi connectivity index (χ3v) is 1.37. The van der Waals surface area contributed by atoms with Crippen LogP contribution in [-0.2, 0) is 4.79 Å². The summed E-state index contributed by atoms with van der Waals surface area (Å²) in [4.78, 5) is 17.6. The lowest BCUT2D eigenvalue weighted by Crippen LogP contribution is -1.97. The highest BCUT2D eigenvalue weighted by molar-refractivity contribution is 6.29. The van der Waals surface area contributed by atoms with E-state index in [1.807, 2.05) is 0 Å². The van der Waals surface area contributed by atoms with Gasteiger partial charge in [0, 0.05) is 6.08 Å². The quantitative estimate of drug-likeness (QED) is 0.688. The molecule has 5 nitrogen and oxygen atoms in total. The van der Waals surface area contributed by atoms with Gasteiger partial charge >= 0.3 is 5.97 Å². The normalized spacial score (nSPS) is 10.5. The Morgan fingerprint density at radius 1 is 1.69 bits per heavy atom. The van der Waals surface area contributed by atoms with Gasteiger partial charge in [-0.1, -0.05) is 11.6 Å². The zero-order valence-corrected chi connectivity index (χ0v) is 7.19. The molecule has 0 aliphatic heterocycles. The van der Waals surface area contributed by atoms with Crippen molar-refractivity contribution < 1.29 is 9.90 Å². The summed E-state index contributed by atoms with van der Waals surface area (Å²) < 4.78 is 0. The monoisotopic (exact) mass is 199 g/mol. The first kappa shape index (κ1) is 9.47. The number of rotatable bonds is 2.